The van der Waals surface area contributed by atoms with Gasteiger partial charge in [-0.15, -0.1) is 11.3 Å². The summed E-state index contributed by atoms with van der Waals surface area (Å²) in [4.78, 5) is 4.67. The number of aromatic amines is 1. The molecule has 0 amide bonds. The van der Waals surface area contributed by atoms with Crippen molar-refractivity contribution in [1.82, 2.24) is 4.98 Å². The Hall–Kier alpha value is -0.760. The molecule has 2 aromatic heterocycles. The number of H-pyrrole nitrogens is 1. The molecule has 0 aliphatic heterocycles. The second-order valence-electron chi connectivity index (χ2n) is 3.06. The fraction of sp³-hybridized carbons (Fsp3) is 0.333. The maximum Gasteiger partial charge on any atom is 0.0566 e. The summed E-state index contributed by atoms with van der Waals surface area (Å²) in [6.45, 7) is 4.45. The van der Waals surface area contributed by atoms with Crippen LogP contribution >= 0.6 is 11.3 Å². The highest BCUT2D eigenvalue weighted by molar-refractivity contribution is 7.19. The van der Waals surface area contributed by atoms with E-state index < -0.39 is 0 Å². The van der Waals surface area contributed by atoms with E-state index in [1.54, 1.807) is 0 Å². The molecule has 0 aliphatic carbocycles. The minimum Gasteiger partial charge on any atom is -0.360 e. The molecule has 0 fully saturated rings. The summed E-state index contributed by atoms with van der Waals surface area (Å²) < 4.78 is 1.37. The second kappa shape index (κ2) is 2.38. The van der Waals surface area contributed by atoms with Crippen LogP contribution in [0, 0.1) is 0 Å². The van der Waals surface area contributed by atoms with Crippen molar-refractivity contribution in [1.29, 1.82) is 0 Å². The van der Waals surface area contributed by atoms with Gasteiger partial charge in [-0.05, 0) is 18.1 Å². The predicted molar refractivity (Wildman–Crippen MR) is 50.3 cm³/mol. The summed E-state index contributed by atoms with van der Waals surface area (Å²) >= 11 is 1.88. The zero-order valence-corrected chi connectivity index (χ0v) is 7.53. The quantitative estimate of drug-likeness (QED) is 0.667. The molecule has 1 N–H and O–H groups in total. The Morgan fingerprint density at radius 3 is 2.91 bits per heavy atom. The third-order valence-corrected chi connectivity index (χ3v) is 3.22. The van der Waals surface area contributed by atoms with Crippen LogP contribution in [0.25, 0.3) is 10.2 Å². The average Bonchev–Trinajstić information content (AvgIpc) is 2.40. The second-order valence-corrected chi connectivity index (χ2v) is 4.17. The number of thiophene rings is 1. The Bertz CT molecular complexity index is 328. The number of hydrogen-bond donors (Lipinski definition) is 1. The molecule has 1 nitrogen and oxygen atoms in total. The Kier molecular flexibility index (Phi) is 1.50. The van der Waals surface area contributed by atoms with E-state index >= 15 is 0 Å². The van der Waals surface area contributed by atoms with Crippen molar-refractivity contribution in [3.63, 3.8) is 0 Å². The van der Waals surface area contributed by atoms with Gasteiger partial charge >= 0.3 is 0 Å². The maximum atomic E-state index is 3.21. The van der Waals surface area contributed by atoms with Gasteiger partial charge in [0.05, 0.1) is 10.2 Å². The summed E-state index contributed by atoms with van der Waals surface area (Å²) in [6, 6.07) is 4.37. The summed E-state index contributed by atoms with van der Waals surface area (Å²) in [5, 5.41) is 0. The van der Waals surface area contributed by atoms with E-state index in [0.29, 0.717) is 5.92 Å². The van der Waals surface area contributed by atoms with Crippen molar-refractivity contribution in [3.8, 4) is 0 Å². The molecule has 2 heterocycles. The van der Waals surface area contributed by atoms with Gasteiger partial charge in [0.1, 0.15) is 0 Å². The van der Waals surface area contributed by atoms with Crippen molar-refractivity contribution in [3.05, 3.63) is 23.2 Å². The van der Waals surface area contributed by atoms with Gasteiger partial charge in [-0.3, -0.25) is 0 Å². The molecule has 0 aromatic carbocycles. The normalized spacial score (nSPS) is 11.5. The smallest absolute Gasteiger partial charge is 0.0566 e. The van der Waals surface area contributed by atoms with Crippen LogP contribution in [0.15, 0.2) is 18.3 Å². The average molecular weight is 165 g/mol. The molecule has 58 valence electrons. The zero-order chi connectivity index (χ0) is 7.84. The lowest BCUT2D eigenvalue weighted by atomic mass is 10.2. The minimum atomic E-state index is 0.654. The SMILES string of the molecule is CC(C)c1cc2[nH]ccc2s1. The third-order valence-electron chi connectivity index (χ3n) is 1.82. The van der Waals surface area contributed by atoms with Crippen LogP contribution in [0.5, 0.6) is 0 Å². The molecule has 0 aliphatic rings. The Balaban J connectivity index is 2.58. The Morgan fingerprint density at radius 2 is 2.27 bits per heavy atom. The third kappa shape index (κ3) is 1.07. The molecule has 0 bridgehead atoms. The molecule has 0 saturated carbocycles. The van der Waals surface area contributed by atoms with E-state index in [0.717, 1.165) is 0 Å². The van der Waals surface area contributed by atoms with Gasteiger partial charge in [0, 0.05) is 11.1 Å². The summed E-state index contributed by atoms with van der Waals surface area (Å²) in [7, 11) is 0. The maximum absolute atomic E-state index is 3.21. The zero-order valence-electron chi connectivity index (χ0n) is 6.72. The van der Waals surface area contributed by atoms with Crippen LogP contribution in [0.1, 0.15) is 24.6 Å². The first-order valence-corrected chi connectivity index (χ1v) is 4.66. The fourth-order valence-corrected chi connectivity index (χ4v) is 2.18. The van der Waals surface area contributed by atoms with E-state index in [-0.39, 0.29) is 0 Å². The summed E-state index contributed by atoms with van der Waals surface area (Å²) in [6.07, 6.45) is 1.99. The highest BCUT2D eigenvalue weighted by Gasteiger charge is 2.04. The van der Waals surface area contributed by atoms with Crippen molar-refractivity contribution in [2.45, 2.75) is 19.8 Å². The van der Waals surface area contributed by atoms with Crippen LogP contribution in [0.3, 0.4) is 0 Å². The van der Waals surface area contributed by atoms with Gasteiger partial charge < -0.3 is 4.98 Å². The van der Waals surface area contributed by atoms with E-state index in [4.69, 9.17) is 0 Å². The van der Waals surface area contributed by atoms with Gasteiger partial charge in [0.25, 0.3) is 0 Å². The van der Waals surface area contributed by atoms with E-state index in [1.807, 2.05) is 17.5 Å². The van der Waals surface area contributed by atoms with Gasteiger partial charge in [0.2, 0.25) is 0 Å². The minimum absolute atomic E-state index is 0.654. The van der Waals surface area contributed by atoms with Crippen LogP contribution < -0.4 is 0 Å². The summed E-state index contributed by atoms with van der Waals surface area (Å²) in [5.74, 6) is 0.654. The van der Waals surface area contributed by atoms with Crippen LogP contribution in [-0.4, -0.2) is 4.98 Å². The lowest BCUT2D eigenvalue weighted by molar-refractivity contribution is 0.890. The number of nitrogens with one attached hydrogen (secondary N) is 1. The lowest BCUT2D eigenvalue weighted by Gasteiger charge is -1.96. The van der Waals surface area contributed by atoms with Crippen molar-refractivity contribution >= 4 is 21.6 Å². The standard InChI is InChI=1S/C9H11NS/c1-6(2)9-5-7-8(11-9)3-4-10-7/h3-6,10H,1-2H3. The first-order valence-electron chi connectivity index (χ1n) is 3.84. The summed E-state index contributed by atoms with van der Waals surface area (Å²) in [5.41, 5.74) is 1.28. The molecular formula is C9H11NS. The first-order chi connectivity index (χ1) is 5.27. The van der Waals surface area contributed by atoms with Gasteiger partial charge in [-0.25, -0.2) is 0 Å². The van der Waals surface area contributed by atoms with Crippen LogP contribution in [-0.2, 0) is 0 Å². The molecule has 0 atom stereocenters. The molecule has 11 heavy (non-hydrogen) atoms. The topological polar surface area (TPSA) is 15.8 Å². The van der Waals surface area contributed by atoms with Crippen LogP contribution in [0.2, 0.25) is 0 Å². The number of rotatable bonds is 1. The lowest BCUT2D eigenvalue weighted by Crippen LogP contribution is -1.77. The van der Waals surface area contributed by atoms with Crippen molar-refractivity contribution < 1.29 is 0 Å². The highest BCUT2D eigenvalue weighted by Crippen LogP contribution is 2.29. The highest BCUT2D eigenvalue weighted by atomic mass is 32.1. The largest absolute Gasteiger partial charge is 0.360 e. The molecule has 0 saturated heterocycles. The Morgan fingerprint density at radius 1 is 1.45 bits per heavy atom. The molecular weight excluding hydrogens is 154 g/mol. The van der Waals surface area contributed by atoms with Crippen molar-refractivity contribution in [2.24, 2.45) is 0 Å². The molecule has 0 spiro atoms. The van der Waals surface area contributed by atoms with Gasteiger partial charge in [-0.1, -0.05) is 13.8 Å². The molecule has 0 radical (unpaired) electrons. The monoisotopic (exact) mass is 165 g/mol. The Labute approximate surface area is 70.1 Å². The number of hydrogen-bond acceptors (Lipinski definition) is 1. The first kappa shape index (κ1) is 6.92. The fourth-order valence-electron chi connectivity index (χ4n) is 1.15. The van der Waals surface area contributed by atoms with Gasteiger partial charge in [-0.2, -0.15) is 0 Å². The van der Waals surface area contributed by atoms with E-state index in [1.165, 1.54) is 15.1 Å². The molecule has 0 unspecified atom stereocenters. The molecule has 2 aromatic rings. The van der Waals surface area contributed by atoms with Crippen molar-refractivity contribution in [2.75, 3.05) is 0 Å². The predicted octanol–water partition coefficient (Wildman–Crippen LogP) is 3.35. The molecule has 2 rings (SSSR count). The van der Waals surface area contributed by atoms with E-state index in [2.05, 4.69) is 31.0 Å². The number of aromatic nitrogens is 1. The van der Waals surface area contributed by atoms with Gasteiger partial charge in [0.15, 0.2) is 0 Å². The van der Waals surface area contributed by atoms with Crippen LogP contribution in [0.4, 0.5) is 0 Å². The molecule has 2 heteroatoms. The van der Waals surface area contributed by atoms with E-state index in [9.17, 15) is 0 Å². The number of fused-ring (bicyclic) bond motifs is 1.